The molecule has 0 aliphatic carbocycles. The van der Waals surface area contributed by atoms with Crippen molar-refractivity contribution in [3.8, 4) is 34.8 Å². The van der Waals surface area contributed by atoms with E-state index in [2.05, 4.69) is 27.3 Å². The molecule has 4 aliphatic rings. The molecule has 0 radical (unpaired) electrons. The van der Waals surface area contributed by atoms with Gasteiger partial charge in [0.1, 0.15) is 17.6 Å². The van der Waals surface area contributed by atoms with Crippen LogP contribution in [0.3, 0.4) is 0 Å². The van der Waals surface area contributed by atoms with E-state index in [0.717, 1.165) is 33.4 Å². The number of fused-ring (bicyclic) bond motifs is 9. The van der Waals surface area contributed by atoms with Gasteiger partial charge in [0.2, 0.25) is 6.79 Å². The SMILES string of the molecule is COc1c(C)cc2c(c1O)[C@H]1C3Cc4c(OC(C)=O)c(C)c5c(c4[C@H](CNCC(=O)CCc4ccccc4)N3[C@@H](C#N)[C@@H](C2)N1C)OCO5. The number of piperazine rings is 1. The van der Waals surface area contributed by atoms with Crippen LogP contribution in [-0.2, 0) is 28.9 Å². The molecule has 3 aromatic carbocycles. The topological polar surface area (TPSA) is 134 Å². The van der Waals surface area contributed by atoms with Crippen LogP contribution in [-0.4, -0.2) is 78.8 Å². The van der Waals surface area contributed by atoms with Crippen molar-refractivity contribution >= 4 is 11.8 Å². The molecule has 256 valence electrons. The molecular weight excluding hydrogens is 624 g/mol. The number of esters is 1. The molecule has 0 amide bonds. The molecule has 0 saturated carbocycles. The Balaban J connectivity index is 1.33. The first-order valence-corrected chi connectivity index (χ1v) is 16.8. The summed E-state index contributed by atoms with van der Waals surface area (Å²) in [5.41, 5.74) is 5.98. The first kappa shape index (κ1) is 32.9. The number of carbonyl (C=O) groups excluding carboxylic acids is 2. The summed E-state index contributed by atoms with van der Waals surface area (Å²) in [6, 6.07) is 12.9. The number of nitriles is 1. The predicted octanol–water partition coefficient (Wildman–Crippen LogP) is 4.23. The molecule has 2 bridgehead atoms. The van der Waals surface area contributed by atoms with Crippen molar-refractivity contribution in [1.82, 2.24) is 15.1 Å². The number of aromatic hydroxyl groups is 1. The van der Waals surface area contributed by atoms with E-state index in [4.69, 9.17) is 18.9 Å². The van der Waals surface area contributed by atoms with Crippen molar-refractivity contribution in [3.63, 3.8) is 0 Å². The molecule has 4 heterocycles. The maximum Gasteiger partial charge on any atom is 0.308 e. The standard InChI is InChI=1S/C38H42N4O7/c1-20-13-24-14-27-29(16-39)42-28(33(41(27)4)31(24)34(45)35(20)46-5)15-26-32(38-37(47-19-48-38)21(2)36(26)49-22(3)43)30(42)18-40-17-25(44)12-11-23-9-7-6-8-10-23/h6-10,13,27-30,33,40,45H,11-12,14-15,17-19H2,1-5H3/t27-,28?,29+,30+,33-/m1/s1. The third-order valence-electron chi connectivity index (χ3n) is 10.7. The molecule has 7 rings (SSSR count). The van der Waals surface area contributed by atoms with E-state index in [1.807, 2.05) is 51.2 Å². The summed E-state index contributed by atoms with van der Waals surface area (Å²) in [7, 11) is 3.57. The van der Waals surface area contributed by atoms with Gasteiger partial charge >= 0.3 is 5.97 Å². The third kappa shape index (κ3) is 5.48. The number of Topliss-reactive ketones (excluding diaryl/α,β-unsaturated/α-hetero) is 1. The lowest BCUT2D eigenvalue weighted by Gasteiger charge is -2.60. The van der Waals surface area contributed by atoms with Gasteiger partial charge < -0.3 is 29.4 Å². The summed E-state index contributed by atoms with van der Waals surface area (Å²) in [5, 5.41) is 26.0. The van der Waals surface area contributed by atoms with Crippen LogP contribution in [0.15, 0.2) is 36.4 Å². The Morgan fingerprint density at radius 3 is 2.55 bits per heavy atom. The van der Waals surface area contributed by atoms with Crippen LogP contribution < -0.4 is 24.3 Å². The molecule has 5 atom stereocenters. The fraction of sp³-hybridized carbons (Fsp3) is 0.447. The molecule has 3 aromatic rings. The van der Waals surface area contributed by atoms with Crippen molar-refractivity contribution < 1.29 is 33.6 Å². The molecule has 1 unspecified atom stereocenters. The zero-order valence-electron chi connectivity index (χ0n) is 28.5. The highest BCUT2D eigenvalue weighted by atomic mass is 16.7. The first-order valence-electron chi connectivity index (χ1n) is 16.8. The lowest BCUT2D eigenvalue weighted by atomic mass is 9.71. The van der Waals surface area contributed by atoms with Gasteiger partial charge in [-0.3, -0.25) is 19.4 Å². The second-order valence-corrected chi connectivity index (χ2v) is 13.5. The molecule has 11 heteroatoms. The predicted molar refractivity (Wildman–Crippen MR) is 180 cm³/mol. The quantitative estimate of drug-likeness (QED) is 0.251. The highest BCUT2D eigenvalue weighted by Gasteiger charge is 2.56. The van der Waals surface area contributed by atoms with Gasteiger partial charge in [0.25, 0.3) is 0 Å². The Hall–Kier alpha value is -4.63. The van der Waals surface area contributed by atoms with E-state index in [1.165, 1.54) is 6.92 Å². The number of likely N-dealkylation sites (N-methyl/N-ethyl adjacent to an activating group) is 1. The maximum absolute atomic E-state index is 13.1. The number of aryl methyl sites for hydroxylation is 2. The maximum atomic E-state index is 13.1. The van der Waals surface area contributed by atoms with Gasteiger partial charge in [0.05, 0.1) is 31.8 Å². The number of ether oxygens (including phenoxy) is 4. The number of hydrogen-bond acceptors (Lipinski definition) is 11. The van der Waals surface area contributed by atoms with Gasteiger partial charge in [-0.1, -0.05) is 36.4 Å². The van der Waals surface area contributed by atoms with Crippen molar-refractivity contribution in [2.24, 2.45) is 0 Å². The van der Waals surface area contributed by atoms with Gasteiger partial charge in [-0.05, 0) is 56.8 Å². The summed E-state index contributed by atoms with van der Waals surface area (Å²) < 4.78 is 23.7. The molecule has 1 saturated heterocycles. The Labute approximate surface area is 286 Å². The highest BCUT2D eigenvalue weighted by molar-refractivity contribution is 5.80. The number of phenolic OH excluding ortho intramolecular Hbond substituents is 1. The third-order valence-corrected chi connectivity index (χ3v) is 10.7. The van der Waals surface area contributed by atoms with Gasteiger partial charge in [-0.25, -0.2) is 0 Å². The Bertz CT molecular complexity index is 1860. The Morgan fingerprint density at radius 1 is 1.08 bits per heavy atom. The molecule has 49 heavy (non-hydrogen) atoms. The number of benzene rings is 3. The number of nitrogens with one attached hydrogen (secondary N) is 1. The van der Waals surface area contributed by atoms with E-state index in [0.29, 0.717) is 60.8 Å². The molecule has 1 fully saturated rings. The summed E-state index contributed by atoms with van der Waals surface area (Å²) in [5.74, 6) is 1.68. The van der Waals surface area contributed by atoms with Gasteiger partial charge in [0, 0.05) is 54.2 Å². The lowest BCUT2D eigenvalue weighted by Crippen LogP contribution is -2.68. The van der Waals surface area contributed by atoms with E-state index in [9.17, 15) is 20.0 Å². The molecular formula is C38H42N4O7. The van der Waals surface area contributed by atoms with E-state index in [-0.39, 0.29) is 43.0 Å². The van der Waals surface area contributed by atoms with Crippen molar-refractivity contribution in [3.05, 3.63) is 75.3 Å². The van der Waals surface area contributed by atoms with Crippen LogP contribution >= 0.6 is 0 Å². The number of methoxy groups -OCH3 is 1. The van der Waals surface area contributed by atoms with Gasteiger partial charge in [-0.2, -0.15) is 5.26 Å². The Kier molecular flexibility index (Phi) is 8.73. The van der Waals surface area contributed by atoms with Gasteiger partial charge in [0.15, 0.2) is 23.0 Å². The first-order chi connectivity index (χ1) is 23.6. The number of nitrogens with zero attached hydrogens (tertiary/aromatic N) is 3. The minimum absolute atomic E-state index is 0.0176. The number of phenols is 1. The van der Waals surface area contributed by atoms with Crippen LogP contribution in [0.2, 0.25) is 0 Å². The van der Waals surface area contributed by atoms with Crippen LogP contribution in [0.5, 0.6) is 28.7 Å². The normalized spacial score (nSPS) is 23.6. The summed E-state index contributed by atoms with van der Waals surface area (Å²) in [4.78, 5) is 30.1. The zero-order chi connectivity index (χ0) is 34.6. The van der Waals surface area contributed by atoms with Crippen LogP contribution in [0, 0.1) is 25.2 Å². The molecule has 0 spiro atoms. The summed E-state index contributed by atoms with van der Waals surface area (Å²) >= 11 is 0. The molecule has 0 aromatic heterocycles. The lowest BCUT2D eigenvalue weighted by molar-refractivity contribution is -0.132. The number of ketones is 1. The zero-order valence-corrected chi connectivity index (χ0v) is 28.5. The van der Waals surface area contributed by atoms with E-state index in [1.54, 1.807) is 7.11 Å². The molecule has 11 nitrogen and oxygen atoms in total. The van der Waals surface area contributed by atoms with Crippen molar-refractivity contribution in [1.29, 1.82) is 5.26 Å². The smallest absolute Gasteiger partial charge is 0.308 e. The average Bonchev–Trinajstić information content (AvgIpc) is 3.57. The van der Waals surface area contributed by atoms with Crippen molar-refractivity contribution in [2.75, 3.05) is 34.0 Å². The number of hydrogen-bond donors (Lipinski definition) is 2. The largest absolute Gasteiger partial charge is 0.504 e. The Morgan fingerprint density at radius 2 is 1.84 bits per heavy atom. The number of rotatable bonds is 9. The average molecular weight is 667 g/mol. The van der Waals surface area contributed by atoms with E-state index >= 15 is 0 Å². The minimum atomic E-state index is -0.533. The monoisotopic (exact) mass is 666 g/mol. The summed E-state index contributed by atoms with van der Waals surface area (Å²) in [6.45, 7) is 5.65. The van der Waals surface area contributed by atoms with Crippen LogP contribution in [0.4, 0.5) is 0 Å². The second kappa shape index (κ2) is 13.0. The second-order valence-electron chi connectivity index (χ2n) is 13.5. The summed E-state index contributed by atoms with van der Waals surface area (Å²) in [6.07, 6.45) is 2.04. The number of carbonyl (C=O) groups is 2. The minimum Gasteiger partial charge on any atom is -0.504 e. The van der Waals surface area contributed by atoms with Crippen molar-refractivity contribution in [2.45, 2.75) is 76.7 Å². The molecule has 2 N–H and O–H groups in total. The fourth-order valence-electron chi connectivity index (χ4n) is 8.68. The highest BCUT2D eigenvalue weighted by Crippen LogP contribution is 2.58. The van der Waals surface area contributed by atoms with Crippen LogP contribution in [0.25, 0.3) is 0 Å². The van der Waals surface area contributed by atoms with Crippen LogP contribution in [0.1, 0.15) is 64.4 Å². The fourth-order valence-corrected chi connectivity index (χ4v) is 8.68. The van der Waals surface area contributed by atoms with E-state index < -0.39 is 18.1 Å². The molecule has 4 aliphatic heterocycles. The van der Waals surface area contributed by atoms with Gasteiger partial charge in [-0.15, -0.1) is 0 Å².